The van der Waals surface area contributed by atoms with Gasteiger partial charge in [0.2, 0.25) is 0 Å². The highest BCUT2D eigenvalue weighted by Crippen LogP contribution is 2.33. The first kappa shape index (κ1) is 13.7. The van der Waals surface area contributed by atoms with Crippen molar-refractivity contribution in [1.29, 1.82) is 0 Å². The average Bonchev–Trinajstić information content (AvgIpc) is 2.75. The van der Waals surface area contributed by atoms with Crippen molar-refractivity contribution in [3.05, 3.63) is 46.7 Å². The van der Waals surface area contributed by atoms with E-state index >= 15 is 0 Å². The number of hydrogen-bond acceptors (Lipinski definition) is 2. The minimum atomic E-state index is -0.357. The monoisotopic (exact) mass is 285 g/mol. The third kappa shape index (κ3) is 2.28. The van der Waals surface area contributed by atoms with Crippen molar-refractivity contribution in [2.24, 2.45) is 0 Å². The number of nitrogens with one attached hydrogen (secondary N) is 2. The zero-order valence-electron chi connectivity index (χ0n) is 12.3. The van der Waals surface area contributed by atoms with Crippen LogP contribution in [0.3, 0.4) is 0 Å². The largest absolute Gasteiger partial charge is 0.333 e. The smallest absolute Gasteiger partial charge is 0.319 e. The van der Waals surface area contributed by atoms with E-state index in [-0.39, 0.29) is 18.0 Å². The minimum absolute atomic E-state index is 0.0209. The Morgan fingerprint density at radius 1 is 1.29 bits per heavy atom. The Balaban J connectivity index is 2.01. The summed E-state index contributed by atoms with van der Waals surface area (Å²) < 4.78 is 0. The molecule has 0 spiro atoms. The molecule has 0 radical (unpaired) electrons. The van der Waals surface area contributed by atoms with Gasteiger partial charge in [-0.1, -0.05) is 31.2 Å². The highest BCUT2D eigenvalue weighted by molar-refractivity contribution is 6.01. The van der Waals surface area contributed by atoms with Crippen LogP contribution >= 0.6 is 0 Å². The summed E-state index contributed by atoms with van der Waals surface area (Å²) in [7, 11) is 0. The fourth-order valence-electron chi connectivity index (χ4n) is 3.02. The van der Waals surface area contributed by atoms with Crippen molar-refractivity contribution in [2.75, 3.05) is 13.1 Å². The molecule has 110 valence electrons. The molecule has 1 aromatic rings. The molecule has 1 unspecified atom stereocenters. The zero-order valence-corrected chi connectivity index (χ0v) is 12.3. The van der Waals surface area contributed by atoms with E-state index in [2.05, 4.69) is 10.6 Å². The van der Waals surface area contributed by atoms with Crippen LogP contribution in [0.25, 0.3) is 0 Å². The van der Waals surface area contributed by atoms with Gasteiger partial charge < -0.3 is 15.5 Å². The van der Waals surface area contributed by atoms with Crippen molar-refractivity contribution in [2.45, 2.75) is 26.3 Å². The van der Waals surface area contributed by atoms with Crippen LogP contribution < -0.4 is 10.6 Å². The molecule has 21 heavy (non-hydrogen) atoms. The van der Waals surface area contributed by atoms with E-state index < -0.39 is 0 Å². The lowest BCUT2D eigenvalue weighted by Crippen LogP contribution is -2.44. The van der Waals surface area contributed by atoms with E-state index in [0.29, 0.717) is 18.7 Å². The molecule has 0 aliphatic carbocycles. The molecule has 2 aliphatic rings. The summed E-state index contributed by atoms with van der Waals surface area (Å²) in [5.41, 5.74) is 3.47. The Morgan fingerprint density at radius 3 is 2.76 bits per heavy atom. The summed E-state index contributed by atoms with van der Waals surface area (Å²) in [6.07, 6.45) is 0.905. The number of rotatable bonds is 3. The lowest BCUT2D eigenvalue weighted by Gasteiger charge is -2.26. The van der Waals surface area contributed by atoms with E-state index in [1.54, 1.807) is 4.90 Å². The van der Waals surface area contributed by atoms with Crippen molar-refractivity contribution in [3.63, 3.8) is 0 Å². The van der Waals surface area contributed by atoms with E-state index in [4.69, 9.17) is 0 Å². The van der Waals surface area contributed by atoms with Crippen molar-refractivity contribution < 1.29 is 9.59 Å². The first-order valence-corrected chi connectivity index (χ1v) is 7.27. The Morgan fingerprint density at radius 2 is 2.05 bits per heavy atom. The molecule has 1 aromatic carbocycles. The van der Waals surface area contributed by atoms with Crippen molar-refractivity contribution >= 4 is 11.9 Å². The molecule has 3 rings (SSSR count). The second-order valence-electron chi connectivity index (χ2n) is 5.51. The molecule has 0 saturated carbocycles. The van der Waals surface area contributed by atoms with Crippen molar-refractivity contribution in [1.82, 2.24) is 15.5 Å². The maximum Gasteiger partial charge on any atom is 0.319 e. The van der Waals surface area contributed by atoms with E-state index in [0.717, 1.165) is 23.2 Å². The van der Waals surface area contributed by atoms with Gasteiger partial charge in [-0.25, -0.2) is 4.79 Å². The minimum Gasteiger partial charge on any atom is -0.333 e. The van der Waals surface area contributed by atoms with Gasteiger partial charge in [0.1, 0.15) is 0 Å². The standard InChI is InChI=1S/C16H19N3O2/c1-3-8-19-9-12-13(15(19)20)14(18-16(21)17-12)11-7-5-4-6-10(11)2/h4-7,14H,3,8-9H2,1-2H3,(H2,17,18,21). The zero-order chi connectivity index (χ0) is 15.0. The quantitative estimate of drug-likeness (QED) is 0.890. The highest BCUT2D eigenvalue weighted by Gasteiger charge is 2.40. The maximum absolute atomic E-state index is 12.6. The summed E-state index contributed by atoms with van der Waals surface area (Å²) in [5, 5.41) is 5.67. The molecule has 2 aliphatic heterocycles. The summed E-state index contributed by atoms with van der Waals surface area (Å²) in [5.74, 6) is 0.0209. The Bertz CT molecular complexity index is 636. The van der Waals surface area contributed by atoms with Gasteiger partial charge in [-0.2, -0.15) is 0 Å². The van der Waals surface area contributed by atoms with Crippen LogP contribution in [0.2, 0.25) is 0 Å². The van der Waals surface area contributed by atoms with Gasteiger partial charge in [0.15, 0.2) is 0 Å². The Hall–Kier alpha value is -2.30. The van der Waals surface area contributed by atoms with Gasteiger partial charge in [0.05, 0.1) is 23.9 Å². The topological polar surface area (TPSA) is 61.4 Å². The fourth-order valence-corrected chi connectivity index (χ4v) is 3.02. The molecule has 3 amide bonds. The average molecular weight is 285 g/mol. The molecular weight excluding hydrogens is 266 g/mol. The van der Waals surface area contributed by atoms with Crippen LogP contribution in [0.1, 0.15) is 30.5 Å². The third-order valence-electron chi connectivity index (χ3n) is 4.01. The van der Waals surface area contributed by atoms with Gasteiger partial charge in [0, 0.05) is 6.54 Å². The van der Waals surface area contributed by atoms with Gasteiger partial charge in [0.25, 0.3) is 5.91 Å². The number of aryl methyl sites for hydroxylation is 1. The summed E-state index contributed by atoms with van der Waals surface area (Å²) in [6.45, 7) is 5.24. The van der Waals surface area contributed by atoms with E-state index in [1.165, 1.54) is 0 Å². The fraction of sp³-hybridized carbons (Fsp3) is 0.375. The van der Waals surface area contributed by atoms with Gasteiger partial charge >= 0.3 is 6.03 Å². The second-order valence-corrected chi connectivity index (χ2v) is 5.51. The molecule has 0 saturated heterocycles. The summed E-state index contributed by atoms with van der Waals surface area (Å²) >= 11 is 0. The molecule has 0 bridgehead atoms. The predicted octanol–water partition coefficient (Wildman–Crippen LogP) is 1.86. The van der Waals surface area contributed by atoms with E-state index in [9.17, 15) is 9.59 Å². The van der Waals surface area contributed by atoms with Gasteiger partial charge in [-0.05, 0) is 24.5 Å². The number of urea groups is 1. The molecular formula is C16H19N3O2. The first-order chi connectivity index (χ1) is 10.1. The molecule has 1 atom stereocenters. The SMILES string of the molecule is CCCN1CC2=C(C1=O)C(c1ccccc1C)NC(=O)N2. The molecule has 5 heteroatoms. The number of amides is 3. The van der Waals surface area contributed by atoms with E-state index in [1.807, 2.05) is 38.1 Å². The number of nitrogens with zero attached hydrogens (tertiary/aromatic N) is 1. The van der Waals surface area contributed by atoms with Crippen LogP contribution in [0.5, 0.6) is 0 Å². The van der Waals surface area contributed by atoms with Crippen LogP contribution in [0.15, 0.2) is 35.5 Å². The lowest BCUT2D eigenvalue weighted by molar-refractivity contribution is -0.125. The molecule has 2 heterocycles. The normalized spacial score (nSPS) is 21.2. The number of benzene rings is 1. The van der Waals surface area contributed by atoms with Crippen molar-refractivity contribution in [3.8, 4) is 0 Å². The number of carbonyl (C=O) groups excluding carboxylic acids is 2. The van der Waals surface area contributed by atoms with Crippen LogP contribution in [0, 0.1) is 6.92 Å². The molecule has 0 aromatic heterocycles. The maximum atomic E-state index is 12.6. The Kier molecular flexibility index (Phi) is 3.41. The lowest BCUT2D eigenvalue weighted by atomic mass is 9.93. The van der Waals surface area contributed by atoms with Crippen LogP contribution in [-0.4, -0.2) is 29.9 Å². The van der Waals surface area contributed by atoms with Crippen LogP contribution in [0.4, 0.5) is 4.79 Å². The van der Waals surface area contributed by atoms with Gasteiger partial charge in [-0.3, -0.25) is 4.79 Å². The molecule has 0 fully saturated rings. The number of hydrogen-bond donors (Lipinski definition) is 2. The van der Waals surface area contributed by atoms with Crippen LogP contribution in [-0.2, 0) is 4.79 Å². The second kappa shape index (κ2) is 5.24. The number of carbonyl (C=O) groups is 2. The highest BCUT2D eigenvalue weighted by atomic mass is 16.2. The van der Waals surface area contributed by atoms with Gasteiger partial charge in [-0.15, -0.1) is 0 Å². The summed E-state index contributed by atoms with van der Waals surface area (Å²) in [4.78, 5) is 26.3. The molecule has 5 nitrogen and oxygen atoms in total. The third-order valence-corrected chi connectivity index (χ3v) is 4.01. The first-order valence-electron chi connectivity index (χ1n) is 7.27. The summed E-state index contributed by atoms with van der Waals surface area (Å²) in [6, 6.07) is 7.24. The predicted molar refractivity (Wildman–Crippen MR) is 79.5 cm³/mol. The Labute approximate surface area is 124 Å². The molecule has 2 N–H and O–H groups in total.